The Morgan fingerprint density at radius 2 is 1.05 bits per heavy atom. The van der Waals surface area contributed by atoms with Crippen LogP contribution in [0.5, 0.6) is 0 Å². The first-order chi connectivity index (χ1) is 19.2. The van der Waals surface area contributed by atoms with Gasteiger partial charge in [0, 0.05) is 12.8 Å². The highest BCUT2D eigenvalue weighted by Gasteiger charge is 2.43. The molecular weight excluding hydrogens is 550 g/mol. The Bertz CT molecular complexity index is 1660. The van der Waals surface area contributed by atoms with Gasteiger partial charge in [0.05, 0.1) is 0 Å². The smallest absolute Gasteiger partial charge is 0.290 e. The lowest BCUT2D eigenvalue weighted by molar-refractivity contribution is -0.174. The van der Waals surface area contributed by atoms with Gasteiger partial charge in [-0.3, -0.25) is 19.2 Å². The van der Waals surface area contributed by atoms with Gasteiger partial charge >= 0.3 is 23.9 Å². The maximum absolute atomic E-state index is 12.6. The molecule has 0 radical (unpaired) electrons. The Kier molecular flexibility index (Phi) is 7.96. The molecule has 0 saturated heterocycles. The van der Waals surface area contributed by atoms with Crippen LogP contribution in [-0.2, 0) is 32.0 Å². The van der Waals surface area contributed by atoms with Gasteiger partial charge in [-0.25, -0.2) is 0 Å². The van der Waals surface area contributed by atoms with E-state index in [-0.39, 0.29) is 11.1 Å². The van der Waals surface area contributed by atoms with Crippen molar-refractivity contribution in [2.24, 2.45) is 0 Å². The maximum atomic E-state index is 12.6. The third kappa shape index (κ3) is 6.42. The van der Waals surface area contributed by atoms with E-state index in [1.54, 1.807) is 24.3 Å². The number of rotatable bonds is 8. The van der Waals surface area contributed by atoms with E-state index in [9.17, 15) is 45.5 Å². The zero-order valence-corrected chi connectivity index (χ0v) is 21.3. The zero-order chi connectivity index (χ0) is 30.1. The fourth-order valence-electron chi connectivity index (χ4n) is 4.57. The molecule has 0 aliphatic carbocycles. The van der Waals surface area contributed by atoms with E-state index in [0.717, 1.165) is 27.5 Å². The van der Waals surface area contributed by atoms with Crippen molar-refractivity contribution in [3.05, 3.63) is 95.6 Å². The summed E-state index contributed by atoms with van der Waals surface area (Å²) in [5.41, 5.74) is 4.10. The Labute approximate surface area is 229 Å². The molecule has 0 aliphatic heterocycles. The van der Waals surface area contributed by atoms with E-state index in [0.29, 0.717) is 11.1 Å². The summed E-state index contributed by atoms with van der Waals surface area (Å²) in [6.45, 7) is 1.89. The lowest BCUT2D eigenvalue weighted by Crippen LogP contribution is -2.31. The third-order valence-electron chi connectivity index (χ3n) is 6.57. The minimum atomic E-state index is -5.25. The minimum Gasteiger partial charge on any atom is -0.290 e. The third-order valence-corrected chi connectivity index (χ3v) is 6.57. The van der Waals surface area contributed by atoms with Crippen molar-refractivity contribution in [1.82, 2.24) is 0 Å². The van der Waals surface area contributed by atoms with Gasteiger partial charge in [-0.2, -0.15) is 26.3 Å². The van der Waals surface area contributed by atoms with Crippen molar-refractivity contribution >= 4 is 33.9 Å². The first kappa shape index (κ1) is 29.4. The number of carbonyl (C=O) groups is 4. The number of carbonyl (C=O) groups excluding carboxylic acids is 4. The van der Waals surface area contributed by atoms with E-state index in [4.69, 9.17) is 0 Å². The molecule has 210 valence electrons. The first-order valence-electron chi connectivity index (χ1n) is 12.2. The van der Waals surface area contributed by atoms with E-state index in [1.807, 2.05) is 37.3 Å². The molecule has 0 aromatic heterocycles. The number of hydrogen-bond donors (Lipinski definition) is 0. The second kappa shape index (κ2) is 11.1. The normalized spacial score (nSPS) is 11.9. The van der Waals surface area contributed by atoms with E-state index in [1.165, 1.54) is 24.3 Å². The van der Waals surface area contributed by atoms with Crippen LogP contribution in [-0.4, -0.2) is 35.5 Å². The lowest BCUT2D eigenvalue weighted by Gasteiger charge is -2.17. The molecule has 4 nitrogen and oxygen atoms in total. The molecule has 10 heteroatoms. The summed E-state index contributed by atoms with van der Waals surface area (Å²) in [6, 6.07) is 21.7. The Hall–Kier alpha value is -4.60. The maximum Gasteiger partial charge on any atom is 0.458 e. The molecule has 4 rings (SSSR count). The first-order valence-corrected chi connectivity index (χ1v) is 12.2. The molecule has 0 fully saturated rings. The number of fused-ring (bicyclic) bond motifs is 1. The summed E-state index contributed by atoms with van der Waals surface area (Å²) >= 11 is 0. The SMILES string of the molecule is Cc1c(-c2ccc(CC(=O)C(=O)C(F)(F)F)cc2)c(-c2ccc(CC(=O)C(=O)C(F)(F)F)cc2)cc2ccccc12. The van der Waals surface area contributed by atoms with Crippen LogP contribution < -0.4 is 0 Å². The van der Waals surface area contributed by atoms with E-state index < -0.39 is 48.3 Å². The molecule has 0 spiro atoms. The van der Waals surface area contributed by atoms with Gasteiger partial charge in [-0.1, -0.05) is 72.8 Å². The van der Waals surface area contributed by atoms with E-state index >= 15 is 0 Å². The highest BCUT2D eigenvalue weighted by Crippen LogP contribution is 2.39. The highest BCUT2D eigenvalue weighted by molar-refractivity contribution is 6.40. The van der Waals surface area contributed by atoms with Gasteiger partial charge in [-0.05, 0) is 62.7 Å². The average molecular weight is 570 g/mol. The number of Topliss-reactive ketones (excluding diaryl/α,β-unsaturated/α-hetero) is 4. The number of benzene rings is 4. The van der Waals surface area contributed by atoms with E-state index in [2.05, 4.69) is 0 Å². The molecule has 41 heavy (non-hydrogen) atoms. The summed E-state index contributed by atoms with van der Waals surface area (Å²) in [5.74, 6) is -7.96. The molecule has 0 amide bonds. The number of halogens is 6. The van der Waals surface area contributed by atoms with Gasteiger partial charge in [-0.15, -0.1) is 0 Å². The molecule has 0 atom stereocenters. The van der Waals surface area contributed by atoms with Crippen LogP contribution in [0, 0.1) is 6.92 Å². The standard InChI is InChI=1S/C31H20F6O4/c1-17-23-5-3-2-4-22(23)16-24(20-10-6-18(7-11-20)14-25(38)28(40)30(32,33)34)27(17)21-12-8-19(9-13-21)15-26(39)29(41)31(35,36)37/h2-13,16H,14-15H2,1H3. The predicted molar refractivity (Wildman–Crippen MR) is 139 cm³/mol. The lowest BCUT2D eigenvalue weighted by atomic mass is 9.86. The Balaban J connectivity index is 1.71. The summed E-state index contributed by atoms with van der Waals surface area (Å²) in [5, 5.41) is 1.82. The monoisotopic (exact) mass is 570 g/mol. The van der Waals surface area contributed by atoms with Crippen molar-refractivity contribution in [3.63, 3.8) is 0 Å². The number of hydrogen-bond acceptors (Lipinski definition) is 4. The highest BCUT2D eigenvalue weighted by atomic mass is 19.4. The second-order valence-corrected chi connectivity index (χ2v) is 9.39. The van der Waals surface area contributed by atoms with Crippen molar-refractivity contribution in [3.8, 4) is 22.3 Å². The van der Waals surface area contributed by atoms with Crippen LogP contribution in [0.3, 0.4) is 0 Å². The summed E-state index contributed by atoms with van der Waals surface area (Å²) in [7, 11) is 0. The van der Waals surface area contributed by atoms with Crippen molar-refractivity contribution < 1.29 is 45.5 Å². The number of ketones is 4. The van der Waals surface area contributed by atoms with Crippen LogP contribution in [0.25, 0.3) is 33.0 Å². The van der Waals surface area contributed by atoms with Crippen molar-refractivity contribution in [2.75, 3.05) is 0 Å². The van der Waals surface area contributed by atoms with Crippen LogP contribution in [0.2, 0.25) is 0 Å². The second-order valence-electron chi connectivity index (χ2n) is 9.39. The average Bonchev–Trinajstić information content (AvgIpc) is 2.92. The summed E-state index contributed by atoms with van der Waals surface area (Å²) in [6.07, 6.45) is -11.9. The Morgan fingerprint density at radius 3 is 1.51 bits per heavy atom. The van der Waals surface area contributed by atoms with Crippen LogP contribution in [0.1, 0.15) is 16.7 Å². The summed E-state index contributed by atoms with van der Waals surface area (Å²) < 4.78 is 75.5. The van der Waals surface area contributed by atoms with Gasteiger partial charge in [0.15, 0.2) is 0 Å². The van der Waals surface area contributed by atoms with Crippen molar-refractivity contribution in [2.45, 2.75) is 32.1 Å². The molecule has 4 aromatic rings. The molecule has 0 unspecified atom stereocenters. The van der Waals surface area contributed by atoms with Crippen molar-refractivity contribution in [1.29, 1.82) is 0 Å². The molecule has 4 aromatic carbocycles. The fraction of sp³-hybridized carbons (Fsp3) is 0.161. The topological polar surface area (TPSA) is 68.3 Å². The fourth-order valence-corrected chi connectivity index (χ4v) is 4.57. The molecule has 0 aliphatic rings. The molecule has 0 N–H and O–H groups in total. The zero-order valence-electron chi connectivity index (χ0n) is 21.3. The minimum absolute atomic E-state index is 0.220. The summed E-state index contributed by atoms with van der Waals surface area (Å²) in [4.78, 5) is 46.0. The molecule has 0 saturated carbocycles. The molecule has 0 heterocycles. The number of alkyl halides is 6. The van der Waals surface area contributed by atoms with Crippen LogP contribution >= 0.6 is 0 Å². The predicted octanol–water partition coefficient (Wildman–Crippen LogP) is 6.97. The molecular formula is C31H20F6O4. The van der Waals surface area contributed by atoms with Gasteiger partial charge < -0.3 is 0 Å². The largest absolute Gasteiger partial charge is 0.458 e. The van der Waals surface area contributed by atoms with Gasteiger partial charge in [0.25, 0.3) is 0 Å². The van der Waals surface area contributed by atoms with Crippen LogP contribution in [0.4, 0.5) is 26.3 Å². The number of aryl methyl sites for hydroxylation is 1. The Morgan fingerprint density at radius 1 is 0.610 bits per heavy atom. The quantitative estimate of drug-likeness (QED) is 0.170. The van der Waals surface area contributed by atoms with Crippen LogP contribution in [0.15, 0.2) is 78.9 Å². The van der Waals surface area contributed by atoms with Gasteiger partial charge in [0.2, 0.25) is 11.6 Å². The van der Waals surface area contributed by atoms with Gasteiger partial charge in [0.1, 0.15) is 0 Å². The molecule has 0 bridgehead atoms.